The van der Waals surface area contributed by atoms with Crippen molar-refractivity contribution in [1.29, 1.82) is 0 Å². The van der Waals surface area contributed by atoms with Crippen molar-refractivity contribution in [3.63, 3.8) is 0 Å². The second-order valence-corrected chi connectivity index (χ2v) is 3.87. The molecule has 2 N–H and O–H groups in total. The van der Waals surface area contributed by atoms with Crippen molar-refractivity contribution in [3.05, 3.63) is 54.2 Å². The van der Waals surface area contributed by atoms with Gasteiger partial charge in [0.05, 0.1) is 6.54 Å². The molecular formula is C13H15N3O2. The fraction of sp³-hybridized carbons (Fsp3) is 0.231. The van der Waals surface area contributed by atoms with Gasteiger partial charge in [0.15, 0.2) is 5.82 Å². The average molecular weight is 245 g/mol. The molecule has 0 fully saturated rings. The molecular weight excluding hydrogens is 230 g/mol. The average Bonchev–Trinajstić information content (AvgIpc) is 2.80. The van der Waals surface area contributed by atoms with Crippen LogP contribution in [0, 0.1) is 0 Å². The number of phenols is 1. The number of nitrogens with one attached hydrogen (secondary N) is 1. The monoisotopic (exact) mass is 245 g/mol. The van der Waals surface area contributed by atoms with Crippen LogP contribution in [0.25, 0.3) is 0 Å². The summed E-state index contributed by atoms with van der Waals surface area (Å²) in [5.74, 6) is 1.45. The lowest BCUT2D eigenvalue weighted by atomic mass is 10.1. The molecule has 2 aromatic rings. The van der Waals surface area contributed by atoms with Crippen LogP contribution in [0.4, 0.5) is 0 Å². The largest absolute Gasteiger partial charge is 0.508 e. The van der Waals surface area contributed by atoms with E-state index >= 15 is 0 Å². The predicted octanol–water partition coefficient (Wildman–Crippen LogP) is 1.64. The van der Waals surface area contributed by atoms with E-state index < -0.39 is 0 Å². The summed E-state index contributed by atoms with van der Waals surface area (Å²) >= 11 is 0. The number of aromatic hydroxyl groups is 1. The highest BCUT2D eigenvalue weighted by Gasteiger charge is 2.06. The lowest BCUT2D eigenvalue weighted by Gasteiger charge is -1.96. The predicted molar refractivity (Wildman–Crippen MR) is 67.1 cm³/mol. The highest BCUT2D eigenvalue weighted by molar-refractivity contribution is 5.27. The van der Waals surface area contributed by atoms with Gasteiger partial charge in [0.2, 0.25) is 5.89 Å². The summed E-state index contributed by atoms with van der Waals surface area (Å²) in [5, 5.41) is 16.2. The Kier molecular flexibility index (Phi) is 4.09. The summed E-state index contributed by atoms with van der Waals surface area (Å²) in [4.78, 5) is 4.26. The van der Waals surface area contributed by atoms with Crippen LogP contribution in [-0.4, -0.2) is 21.8 Å². The Balaban J connectivity index is 1.93. The molecule has 94 valence electrons. The second kappa shape index (κ2) is 5.97. The first-order chi connectivity index (χ1) is 8.78. The van der Waals surface area contributed by atoms with Gasteiger partial charge in [0.25, 0.3) is 0 Å². The number of rotatable bonds is 6. The van der Waals surface area contributed by atoms with Gasteiger partial charge in [0, 0.05) is 13.0 Å². The molecule has 0 saturated carbocycles. The Hall–Kier alpha value is -2.14. The Labute approximate surface area is 105 Å². The van der Waals surface area contributed by atoms with E-state index in [1.807, 2.05) is 12.1 Å². The molecule has 0 amide bonds. The molecule has 0 atom stereocenters. The van der Waals surface area contributed by atoms with Crippen molar-refractivity contribution in [1.82, 2.24) is 15.5 Å². The van der Waals surface area contributed by atoms with Crippen molar-refractivity contribution in [2.45, 2.75) is 13.0 Å². The van der Waals surface area contributed by atoms with Crippen molar-refractivity contribution < 1.29 is 9.63 Å². The maximum Gasteiger partial charge on any atom is 0.240 e. The third-order valence-corrected chi connectivity index (χ3v) is 2.37. The van der Waals surface area contributed by atoms with Crippen LogP contribution in [0.3, 0.4) is 0 Å². The van der Waals surface area contributed by atoms with E-state index in [1.54, 1.807) is 18.2 Å². The highest BCUT2D eigenvalue weighted by atomic mass is 16.5. The number of nitrogens with zero attached hydrogens (tertiary/aromatic N) is 2. The maximum atomic E-state index is 9.18. The van der Waals surface area contributed by atoms with Crippen molar-refractivity contribution in [2.75, 3.05) is 6.54 Å². The van der Waals surface area contributed by atoms with Gasteiger partial charge in [-0.25, -0.2) is 0 Å². The molecule has 0 aliphatic heterocycles. The zero-order chi connectivity index (χ0) is 12.8. The number of benzene rings is 1. The van der Waals surface area contributed by atoms with E-state index in [4.69, 9.17) is 4.52 Å². The van der Waals surface area contributed by atoms with Crippen molar-refractivity contribution in [2.24, 2.45) is 0 Å². The van der Waals surface area contributed by atoms with Crippen LogP contribution >= 0.6 is 0 Å². The number of hydrogen-bond donors (Lipinski definition) is 2. The molecule has 5 nitrogen and oxygen atoms in total. The fourth-order valence-electron chi connectivity index (χ4n) is 1.51. The molecule has 1 aromatic carbocycles. The van der Waals surface area contributed by atoms with Gasteiger partial charge in [-0.1, -0.05) is 23.4 Å². The molecule has 0 aliphatic rings. The summed E-state index contributed by atoms with van der Waals surface area (Å²) in [6.07, 6.45) is 2.36. The minimum absolute atomic E-state index is 0.251. The number of aromatic nitrogens is 2. The minimum atomic E-state index is 0.251. The Bertz CT molecular complexity index is 505. The van der Waals surface area contributed by atoms with Crippen LogP contribution in [-0.2, 0) is 13.0 Å². The van der Waals surface area contributed by atoms with Crippen LogP contribution in [0.5, 0.6) is 5.75 Å². The standard InChI is InChI=1S/C13H15N3O2/c1-2-7-14-9-13-15-12(16-18-13)8-10-3-5-11(17)6-4-10/h2-6,14,17H,1,7-9H2. The van der Waals surface area contributed by atoms with Crippen molar-refractivity contribution in [3.8, 4) is 5.75 Å². The molecule has 0 spiro atoms. The Morgan fingerprint density at radius 3 is 2.83 bits per heavy atom. The van der Waals surface area contributed by atoms with Gasteiger partial charge < -0.3 is 14.9 Å². The van der Waals surface area contributed by atoms with Gasteiger partial charge in [-0.3, -0.25) is 0 Å². The van der Waals surface area contributed by atoms with E-state index in [0.29, 0.717) is 31.2 Å². The van der Waals surface area contributed by atoms with Gasteiger partial charge in [0.1, 0.15) is 5.75 Å². The maximum absolute atomic E-state index is 9.18. The van der Waals surface area contributed by atoms with E-state index in [1.165, 1.54) is 0 Å². The third kappa shape index (κ3) is 3.43. The molecule has 1 aromatic heterocycles. The van der Waals surface area contributed by atoms with Gasteiger partial charge in [-0.05, 0) is 17.7 Å². The van der Waals surface area contributed by atoms with Gasteiger partial charge in [-0.2, -0.15) is 4.98 Å². The molecule has 0 bridgehead atoms. The van der Waals surface area contributed by atoms with Crippen LogP contribution in [0.1, 0.15) is 17.3 Å². The Morgan fingerprint density at radius 1 is 1.33 bits per heavy atom. The summed E-state index contributed by atoms with van der Waals surface area (Å²) in [6.45, 7) is 4.85. The Morgan fingerprint density at radius 2 is 2.11 bits per heavy atom. The first-order valence-electron chi connectivity index (χ1n) is 5.69. The van der Waals surface area contributed by atoms with Gasteiger partial charge >= 0.3 is 0 Å². The summed E-state index contributed by atoms with van der Waals surface area (Å²) in [7, 11) is 0. The van der Waals surface area contributed by atoms with E-state index in [0.717, 1.165) is 5.56 Å². The molecule has 18 heavy (non-hydrogen) atoms. The SMILES string of the molecule is C=CCNCc1nc(Cc2ccc(O)cc2)no1. The highest BCUT2D eigenvalue weighted by Crippen LogP contribution is 2.12. The van der Waals surface area contributed by atoms with E-state index in [2.05, 4.69) is 22.0 Å². The lowest BCUT2D eigenvalue weighted by Crippen LogP contribution is -2.12. The summed E-state index contributed by atoms with van der Waals surface area (Å²) < 4.78 is 5.10. The van der Waals surface area contributed by atoms with Crippen LogP contribution < -0.4 is 5.32 Å². The molecule has 5 heteroatoms. The number of hydrogen-bond acceptors (Lipinski definition) is 5. The molecule has 0 unspecified atom stereocenters. The molecule has 0 radical (unpaired) electrons. The first-order valence-corrected chi connectivity index (χ1v) is 5.69. The molecule has 0 aliphatic carbocycles. The smallest absolute Gasteiger partial charge is 0.240 e. The van der Waals surface area contributed by atoms with E-state index in [9.17, 15) is 5.11 Å². The third-order valence-electron chi connectivity index (χ3n) is 2.37. The van der Waals surface area contributed by atoms with Crippen LogP contribution in [0.15, 0.2) is 41.4 Å². The minimum Gasteiger partial charge on any atom is -0.508 e. The quantitative estimate of drug-likeness (QED) is 0.598. The zero-order valence-corrected chi connectivity index (χ0v) is 9.97. The van der Waals surface area contributed by atoms with Crippen LogP contribution in [0.2, 0.25) is 0 Å². The summed E-state index contributed by atoms with van der Waals surface area (Å²) in [6, 6.07) is 6.95. The second-order valence-electron chi connectivity index (χ2n) is 3.87. The van der Waals surface area contributed by atoms with E-state index in [-0.39, 0.29) is 5.75 Å². The molecule has 1 heterocycles. The fourth-order valence-corrected chi connectivity index (χ4v) is 1.51. The van der Waals surface area contributed by atoms with Crippen molar-refractivity contribution >= 4 is 0 Å². The number of phenolic OH excluding ortho intramolecular Hbond substituents is 1. The summed E-state index contributed by atoms with van der Waals surface area (Å²) in [5.41, 5.74) is 1.03. The normalized spacial score (nSPS) is 10.4. The molecule has 0 saturated heterocycles. The molecule has 2 rings (SSSR count). The first kappa shape index (κ1) is 12.3. The lowest BCUT2D eigenvalue weighted by molar-refractivity contribution is 0.366. The van der Waals surface area contributed by atoms with Gasteiger partial charge in [-0.15, -0.1) is 6.58 Å². The topological polar surface area (TPSA) is 71.2 Å². The zero-order valence-electron chi connectivity index (χ0n) is 9.97.